The minimum Gasteiger partial charge on any atom is -0.469 e. The monoisotopic (exact) mass is 222 g/mol. The summed E-state index contributed by atoms with van der Waals surface area (Å²) < 4.78 is 5.31. The Morgan fingerprint density at radius 3 is 2.69 bits per heavy atom. The van der Waals surface area contributed by atoms with Gasteiger partial charge in [0.1, 0.15) is 5.76 Å². The first-order valence-electron chi connectivity index (χ1n) is 6.07. The molecular weight excluding hydrogens is 200 g/mol. The number of aryl methyl sites for hydroxylation is 1. The molecule has 0 aromatic carbocycles. The molecule has 0 atom stereocenters. The molecule has 0 amide bonds. The van der Waals surface area contributed by atoms with E-state index in [1.807, 2.05) is 6.92 Å². The molecule has 0 radical (unpaired) electrons. The van der Waals surface area contributed by atoms with Crippen LogP contribution in [-0.2, 0) is 6.54 Å². The van der Waals surface area contributed by atoms with Crippen LogP contribution in [0.15, 0.2) is 16.7 Å². The van der Waals surface area contributed by atoms with Crippen molar-refractivity contribution in [2.75, 3.05) is 20.1 Å². The van der Waals surface area contributed by atoms with Crippen LogP contribution in [-0.4, -0.2) is 25.0 Å². The zero-order valence-electron chi connectivity index (χ0n) is 10.3. The third-order valence-corrected chi connectivity index (χ3v) is 3.86. The molecule has 3 heteroatoms. The van der Waals surface area contributed by atoms with E-state index in [4.69, 9.17) is 10.2 Å². The van der Waals surface area contributed by atoms with Crippen LogP contribution >= 0.6 is 0 Å². The summed E-state index contributed by atoms with van der Waals surface area (Å²) in [7, 11) is 2.17. The Balaban J connectivity index is 1.89. The lowest BCUT2D eigenvalue weighted by atomic mass is 9.68. The van der Waals surface area contributed by atoms with Gasteiger partial charge in [0.05, 0.1) is 6.26 Å². The van der Waals surface area contributed by atoms with E-state index in [1.54, 1.807) is 6.26 Å². The average molecular weight is 222 g/mol. The lowest BCUT2D eigenvalue weighted by Crippen LogP contribution is -2.45. The Bertz CT molecular complexity index is 336. The second-order valence-corrected chi connectivity index (χ2v) is 5.23. The van der Waals surface area contributed by atoms with Crippen LogP contribution in [0.4, 0.5) is 0 Å². The number of hydrogen-bond acceptors (Lipinski definition) is 3. The van der Waals surface area contributed by atoms with Gasteiger partial charge in [-0.05, 0) is 44.8 Å². The van der Waals surface area contributed by atoms with Crippen molar-refractivity contribution < 1.29 is 4.42 Å². The molecule has 1 saturated carbocycles. The molecular formula is C13H22N2O. The summed E-state index contributed by atoms with van der Waals surface area (Å²) in [5.74, 6) is 1.03. The Morgan fingerprint density at radius 1 is 1.50 bits per heavy atom. The molecule has 0 bridgehead atoms. The quantitative estimate of drug-likeness (QED) is 0.830. The Kier molecular flexibility index (Phi) is 3.36. The summed E-state index contributed by atoms with van der Waals surface area (Å²) in [5, 5.41) is 0. The van der Waals surface area contributed by atoms with Crippen molar-refractivity contribution in [2.24, 2.45) is 11.1 Å². The molecule has 0 unspecified atom stereocenters. The largest absolute Gasteiger partial charge is 0.469 e. The predicted octanol–water partition coefficient (Wildman–Crippen LogP) is 2.15. The maximum Gasteiger partial charge on any atom is 0.105 e. The number of nitrogens with zero attached hydrogens (tertiary/aromatic N) is 1. The number of nitrogens with two attached hydrogens (primary N) is 1. The van der Waals surface area contributed by atoms with Crippen molar-refractivity contribution in [1.29, 1.82) is 0 Å². The first-order valence-corrected chi connectivity index (χ1v) is 6.07. The Labute approximate surface area is 97.6 Å². The van der Waals surface area contributed by atoms with Crippen molar-refractivity contribution in [3.05, 3.63) is 23.7 Å². The van der Waals surface area contributed by atoms with Gasteiger partial charge in [0.15, 0.2) is 0 Å². The van der Waals surface area contributed by atoms with Crippen LogP contribution in [0.2, 0.25) is 0 Å². The van der Waals surface area contributed by atoms with E-state index in [-0.39, 0.29) is 0 Å². The summed E-state index contributed by atoms with van der Waals surface area (Å²) >= 11 is 0. The Morgan fingerprint density at radius 2 is 2.25 bits per heavy atom. The second-order valence-electron chi connectivity index (χ2n) is 5.23. The maximum atomic E-state index is 5.88. The molecule has 0 saturated heterocycles. The van der Waals surface area contributed by atoms with E-state index in [0.717, 1.165) is 25.4 Å². The van der Waals surface area contributed by atoms with Crippen molar-refractivity contribution in [1.82, 2.24) is 4.90 Å². The SMILES string of the molecule is Cc1occc1CN(C)CC1(CN)CCC1. The average Bonchev–Trinajstić information content (AvgIpc) is 2.58. The summed E-state index contributed by atoms with van der Waals surface area (Å²) in [6.45, 7) is 4.91. The van der Waals surface area contributed by atoms with Gasteiger partial charge in [-0.25, -0.2) is 0 Å². The highest BCUT2D eigenvalue weighted by atomic mass is 16.3. The van der Waals surface area contributed by atoms with E-state index in [2.05, 4.69) is 18.0 Å². The fourth-order valence-electron chi connectivity index (χ4n) is 2.60. The van der Waals surface area contributed by atoms with Crippen molar-refractivity contribution in [2.45, 2.75) is 32.7 Å². The topological polar surface area (TPSA) is 42.4 Å². The molecule has 1 aromatic rings. The zero-order chi connectivity index (χ0) is 11.6. The zero-order valence-corrected chi connectivity index (χ0v) is 10.3. The molecule has 2 rings (SSSR count). The molecule has 90 valence electrons. The van der Waals surface area contributed by atoms with Crippen LogP contribution in [0, 0.1) is 12.3 Å². The summed E-state index contributed by atoms with van der Waals surface area (Å²) in [6.07, 6.45) is 5.69. The van der Waals surface area contributed by atoms with E-state index >= 15 is 0 Å². The molecule has 16 heavy (non-hydrogen) atoms. The number of rotatable bonds is 5. The number of hydrogen-bond donors (Lipinski definition) is 1. The van der Waals surface area contributed by atoms with Crippen molar-refractivity contribution in [3.63, 3.8) is 0 Å². The molecule has 1 aliphatic carbocycles. The van der Waals surface area contributed by atoms with Crippen LogP contribution in [0.25, 0.3) is 0 Å². The number of furan rings is 1. The van der Waals surface area contributed by atoms with Gasteiger partial charge in [-0.15, -0.1) is 0 Å². The van der Waals surface area contributed by atoms with Gasteiger partial charge in [0, 0.05) is 18.7 Å². The summed E-state index contributed by atoms with van der Waals surface area (Å²) in [5.41, 5.74) is 7.56. The fourth-order valence-corrected chi connectivity index (χ4v) is 2.60. The maximum absolute atomic E-state index is 5.88. The Hall–Kier alpha value is -0.800. The lowest BCUT2D eigenvalue weighted by Gasteiger charge is -2.43. The second kappa shape index (κ2) is 4.60. The predicted molar refractivity (Wildman–Crippen MR) is 65.1 cm³/mol. The van der Waals surface area contributed by atoms with Gasteiger partial charge in [0.2, 0.25) is 0 Å². The van der Waals surface area contributed by atoms with E-state index < -0.39 is 0 Å². The van der Waals surface area contributed by atoms with Gasteiger partial charge in [-0.3, -0.25) is 0 Å². The van der Waals surface area contributed by atoms with Gasteiger partial charge < -0.3 is 15.1 Å². The molecule has 3 nitrogen and oxygen atoms in total. The fraction of sp³-hybridized carbons (Fsp3) is 0.692. The highest BCUT2D eigenvalue weighted by molar-refractivity contribution is 5.15. The molecule has 1 heterocycles. The molecule has 1 aromatic heterocycles. The minimum absolute atomic E-state index is 0.395. The van der Waals surface area contributed by atoms with Crippen LogP contribution in [0.3, 0.4) is 0 Å². The van der Waals surface area contributed by atoms with Gasteiger partial charge >= 0.3 is 0 Å². The van der Waals surface area contributed by atoms with E-state index in [1.165, 1.54) is 24.8 Å². The smallest absolute Gasteiger partial charge is 0.105 e. The highest BCUT2D eigenvalue weighted by Gasteiger charge is 2.36. The standard InChI is InChI=1S/C13H22N2O/c1-11-12(4-7-16-11)8-15(2)10-13(9-14)5-3-6-13/h4,7H,3,5-6,8-10,14H2,1-2H3. The highest BCUT2D eigenvalue weighted by Crippen LogP contribution is 2.40. The first-order chi connectivity index (χ1) is 7.65. The van der Waals surface area contributed by atoms with Gasteiger partial charge in [-0.2, -0.15) is 0 Å². The third kappa shape index (κ3) is 2.30. The minimum atomic E-state index is 0.395. The normalized spacial score (nSPS) is 18.8. The van der Waals surface area contributed by atoms with Gasteiger partial charge in [0.25, 0.3) is 0 Å². The van der Waals surface area contributed by atoms with Crippen LogP contribution in [0.5, 0.6) is 0 Å². The van der Waals surface area contributed by atoms with E-state index in [9.17, 15) is 0 Å². The van der Waals surface area contributed by atoms with Gasteiger partial charge in [-0.1, -0.05) is 6.42 Å². The molecule has 1 aliphatic rings. The summed E-state index contributed by atoms with van der Waals surface area (Å²) in [6, 6.07) is 2.06. The third-order valence-electron chi connectivity index (χ3n) is 3.86. The first kappa shape index (κ1) is 11.7. The molecule has 1 fully saturated rings. The van der Waals surface area contributed by atoms with Crippen LogP contribution < -0.4 is 5.73 Å². The summed E-state index contributed by atoms with van der Waals surface area (Å²) in [4.78, 5) is 2.36. The molecule has 0 spiro atoms. The van der Waals surface area contributed by atoms with Crippen LogP contribution in [0.1, 0.15) is 30.6 Å². The molecule has 0 aliphatic heterocycles. The van der Waals surface area contributed by atoms with Crippen molar-refractivity contribution >= 4 is 0 Å². The lowest BCUT2D eigenvalue weighted by molar-refractivity contribution is 0.0843. The van der Waals surface area contributed by atoms with E-state index in [0.29, 0.717) is 5.41 Å². The molecule has 2 N–H and O–H groups in total. The van der Waals surface area contributed by atoms with Crippen molar-refractivity contribution in [3.8, 4) is 0 Å².